The lowest BCUT2D eigenvalue weighted by Gasteiger charge is -2.05. The molecule has 2 aromatic rings. The van der Waals surface area contributed by atoms with Crippen LogP contribution >= 0.6 is 11.3 Å². The number of nitro benzene ring substituents is 1. The average molecular weight is 280 g/mol. The highest BCUT2D eigenvalue weighted by Gasteiger charge is 2.15. The Balaban J connectivity index is 2.28. The van der Waals surface area contributed by atoms with Gasteiger partial charge in [-0.2, -0.15) is 0 Å². The fraction of sp³-hybridized carbons (Fsp3) is 0.0833. The number of non-ortho nitro benzene ring substituents is 1. The van der Waals surface area contributed by atoms with E-state index in [4.69, 9.17) is 0 Å². The Kier molecular flexibility index (Phi) is 3.57. The number of nitrogens with zero attached hydrogens (tertiary/aromatic N) is 1. The Bertz CT molecular complexity index is 654. The molecule has 5 nitrogen and oxygen atoms in total. The molecule has 0 saturated heterocycles. The first-order chi connectivity index (χ1) is 8.99. The van der Waals surface area contributed by atoms with Gasteiger partial charge in [0.25, 0.3) is 11.6 Å². The number of anilines is 1. The normalized spacial score (nSPS) is 10.2. The molecule has 0 aliphatic heterocycles. The minimum Gasteiger partial charge on any atom is -0.319 e. The molecule has 19 heavy (non-hydrogen) atoms. The highest BCUT2D eigenvalue weighted by molar-refractivity contribution is 7.12. The fourth-order valence-electron chi connectivity index (χ4n) is 1.51. The van der Waals surface area contributed by atoms with Crippen molar-refractivity contribution < 1.29 is 14.1 Å². The zero-order valence-corrected chi connectivity index (χ0v) is 10.7. The molecule has 0 aliphatic carbocycles. The summed E-state index contributed by atoms with van der Waals surface area (Å²) in [5.41, 5.74) is 0.292. The van der Waals surface area contributed by atoms with Crippen molar-refractivity contribution in [3.8, 4) is 0 Å². The molecular weight excluding hydrogens is 271 g/mol. The van der Waals surface area contributed by atoms with E-state index in [1.54, 1.807) is 18.4 Å². The first-order valence-electron chi connectivity index (χ1n) is 5.28. The number of benzene rings is 1. The van der Waals surface area contributed by atoms with Gasteiger partial charge in [-0.25, -0.2) is 4.39 Å². The number of carbonyl (C=O) groups is 1. The lowest BCUT2D eigenvalue weighted by atomic mass is 10.2. The molecule has 0 aliphatic rings. The molecule has 7 heteroatoms. The summed E-state index contributed by atoms with van der Waals surface area (Å²) in [5.74, 6) is -1.19. The molecule has 0 unspecified atom stereocenters. The Morgan fingerprint density at radius 2 is 2.16 bits per heavy atom. The van der Waals surface area contributed by atoms with E-state index < -0.39 is 16.6 Å². The Hall–Kier alpha value is -2.28. The molecule has 98 valence electrons. The predicted octanol–water partition coefficient (Wildman–Crippen LogP) is 3.36. The third-order valence-corrected chi connectivity index (χ3v) is 3.49. The second-order valence-electron chi connectivity index (χ2n) is 3.81. The summed E-state index contributed by atoms with van der Waals surface area (Å²) in [5, 5.41) is 14.7. The van der Waals surface area contributed by atoms with Crippen LogP contribution in [0.4, 0.5) is 15.8 Å². The number of amides is 1. The van der Waals surface area contributed by atoms with Crippen LogP contribution in [0.15, 0.2) is 29.6 Å². The average Bonchev–Trinajstić information content (AvgIpc) is 2.78. The first kappa shape index (κ1) is 13.2. The van der Waals surface area contributed by atoms with Gasteiger partial charge in [0.15, 0.2) is 0 Å². The number of halogens is 1. The topological polar surface area (TPSA) is 72.2 Å². The van der Waals surface area contributed by atoms with E-state index >= 15 is 0 Å². The third kappa shape index (κ3) is 2.76. The summed E-state index contributed by atoms with van der Waals surface area (Å²) in [4.78, 5) is 22.3. The van der Waals surface area contributed by atoms with Gasteiger partial charge in [0.2, 0.25) is 0 Å². The minimum atomic E-state index is -0.715. The van der Waals surface area contributed by atoms with E-state index in [0.717, 1.165) is 23.8 Å². The third-order valence-electron chi connectivity index (χ3n) is 2.48. The van der Waals surface area contributed by atoms with Crippen molar-refractivity contribution in [2.24, 2.45) is 0 Å². The highest BCUT2D eigenvalue weighted by atomic mass is 32.1. The number of hydrogen-bond donors (Lipinski definition) is 1. The number of hydrogen-bond acceptors (Lipinski definition) is 4. The van der Waals surface area contributed by atoms with Crippen molar-refractivity contribution in [2.45, 2.75) is 6.92 Å². The molecule has 0 atom stereocenters. The van der Waals surface area contributed by atoms with Crippen LogP contribution < -0.4 is 5.32 Å². The standard InChI is InChI=1S/C12H9FN2O3S/c1-7-4-5-19-11(7)12(16)14-10-6-8(15(17)18)2-3-9(10)13/h2-6H,1H3,(H,14,16). The molecule has 0 spiro atoms. The maximum Gasteiger partial charge on any atom is 0.271 e. The van der Waals surface area contributed by atoms with Crippen molar-refractivity contribution >= 4 is 28.6 Å². The second-order valence-corrected chi connectivity index (χ2v) is 4.72. The Morgan fingerprint density at radius 3 is 2.74 bits per heavy atom. The number of thiophene rings is 1. The maximum absolute atomic E-state index is 13.5. The van der Waals surface area contributed by atoms with Gasteiger partial charge in [-0.15, -0.1) is 11.3 Å². The molecular formula is C12H9FN2O3S. The van der Waals surface area contributed by atoms with Gasteiger partial charge < -0.3 is 5.32 Å². The highest BCUT2D eigenvalue weighted by Crippen LogP contribution is 2.23. The van der Waals surface area contributed by atoms with E-state index in [2.05, 4.69) is 5.32 Å². The van der Waals surface area contributed by atoms with Gasteiger partial charge in [-0.05, 0) is 30.0 Å². The lowest BCUT2D eigenvalue weighted by molar-refractivity contribution is -0.384. The van der Waals surface area contributed by atoms with E-state index in [9.17, 15) is 19.3 Å². The molecule has 1 heterocycles. The molecule has 1 amide bonds. The van der Waals surface area contributed by atoms with Crippen LogP contribution in [0.3, 0.4) is 0 Å². The Labute approximate surface area is 111 Å². The van der Waals surface area contributed by atoms with Gasteiger partial charge in [0.05, 0.1) is 15.5 Å². The van der Waals surface area contributed by atoms with Crippen LogP contribution in [0.1, 0.15) is 15.2 Å². The Morgan fingerprint density at radius 1 is 1.42 bits per heavy atom. The van der Waals surface area contributed by atoms with Crippen LogP contribution in [-0.4, -0.2) is 10.8 Å². The minimum absolute atomic E-state index is 0.202. The molecule has 0 saturated carbocycles. The van der Waals surface area contributed by atoms with Crippen molar-refractivity contribution in [3.05, 3.63) is 56.0 Å². The summed E-state index contributed by atoms with van der Waals surface area (Å²) in [7, 11) is 0. The van der Waals surface area contributed by atoms with Crippen molar-refractivity contribution in [3.63, 3.8) is 0 Å². The van der Waals surface area contributed by atoms with Crippen molar-refractivity contribution in [1.82, 2.24) is 0 Å². The second kappa shape index (κ2) is 5.15. The van der Waals surface area contributed by atoms with E-state index in [1.807, 2.05) is 0 Å². The number of nitrogens with one attached hydrogen (secondary N) is 1. The molecule has 1 aromatic carbocycles. The number of nitro groups is 1. The molecule has 1 aromatic heterocycles. The van der Waals surface area contributed by atoms with Gasteiger partial charge in [-0.3, -0.25) is 14.9 Å². The van der Waals surface area contributed by atoms with E-state index in [1.165, 1.54) is 11.3 Å². The molecule has 0 radical (unpaired) electrons. The summed E-state index contributed by atoms with van der Waals surface area (Å²) in [6.07, 6.45) is 0. The summed E-state index contributed by atoms with van der Waals surface area (Å²) >= 11 is 1.22. The number of aryl methyl sites for hydroxylation is 1. The zero-order chi connectivity index (χ0) is 14.0. The van der Waals surface area contributed by atoms with E-state index in [0.29, 0.717) is 4.88 Å². The smallest absolute Gasteiger partial charge is 0.271 e. The molecule has 0 bridgehead atoms. The quantitative estimate of drug-likeness (QED) is 0.692. The molecule has 2 rings (SSSR count). The van der Waals surface area contributed by atoms with Gasteiger partial charge in [0, 0.05) is 12.1 Å². The number of rotatable bonds is 3. The monoisotopic (exact) mass is 280 g/mol. The van der Waals surface area contributed by atoms with Gasteiger partial charge >= 0.3 is 0 Å². The van der Waals surface area contributed by atoms with Crippen LogP contribution in [-0.2, 0) is 0 Å². The predicted molar refractivity (Wildman–Crippen MR) is 70.1 cm³/mol. The first-order valence-corrected chi connectivity index (χ1v) is 6.16. The lowest BCUT2D eigenvalue weighted by Crippen LogP contribution is -2.12. The SMILES string of the molecule is Cc1ccsc1C(=O)Nc1cc([N+](=O)[O-])ccc1F. The van der Waals surface area contributed by atoms with Crippen molar-refractivity contribution in [2.75, 3.05) is 5.32 Å². The summed E-state index contributed by atoms with van der Waals surface area (Å²) in [6, 6.07) is 4.76. The van der Waals surface area contributed by atoms with Gasteiger partial charge in [-0.1, -0.05) is 0 Å². The molecule has 1 N–H and O–H groups in total. The maximum atomic E-state index is 13.5. The zero-order valence-electron chi connectivity index (χ0n) is 9.84. The van der Waals surface area contributed by atoms with Crippen LogP contribution in [0.25, 0.3) is 0 Å². The number of carbonyl (C=O) groups excluding carboxylic acids is 1. The fourth-order valence-corrected chi connectivity index (χ4v) is 2.33. The largest absolute Gasteiger partial charge is 0.319 e. The molecule has 0 fully saturated rings. The summed E-state index contributed by atoms with van der Waals surface area (Å²) < 4.78 is 13.5. The summed E-state index contributed by atoms with van der Waals surface area (Å²) in [6.45, 7) is 1.76. The van der Waals surface area contributed by atoms with Crippen LogP contribution in [0.5, 0.6) is 0 Å². The van der Waals surface area contributed by atoms with Crippen LogP contribution in [0.2, 0.25) is 0 Å². The van der Waals surface area contributed by atoms with Crippen LogP contribution in [0, 0.1) is 22.9 Å². The van der Waals surface area contributed by atoms with E-state index in [-0.39, 0.29) is 11.4 Å². The van der Waals surface area contributed by atoms with Gasteiger partial charge in [0.1, 0.15) is 5.82 Å². The van der Waals surface area contributed by atoms with Crippen molar-refractivity contribution in [1.29, 1.82) is 0 Å².